The summed E-state index contributed by atoms with van der Waals surface area (Å²) in [7, 11) is 4.98. The third kappa shape index (κ3) is 2.48. The van der Waals surface area contributed by atoms with Crippen LogP contribution in [0.25, 0.3) is 11.2 Å². The standard InChI is InChI=1S/C18H22N6O2/c1-21-14(20-16-15(21)17(25)23(3)18(26)22(16)2)11-24-9-5-7-13(24)12-6-4-8-19-10-12/h4,6,8,10,13H,5,7,9,11H2,1-3H3. The Labute approximate surface area is 150 Å². The number of pyridine rings is 1. The smallest absolute Gasteiger partial charge is 0.324 e. The van der Waals surface area contributed by atoms with Crippen molar-refractivity contribution in [2.75, 3.05) is 6.54 Å². The molecule has 0 bridgehead atoms. The number of aryl methyl sites for hydroxylation is 2. The van der Waals surface area contributed by atoms with Crippen LogP contribution in [0, 0.1) is 0 Å². The predicted molar refractivity (Wildman–Crippen MR) is 97.8 cm³/mol. The van der Waals surface area contributed by atoms with E-state index in [0.717, 1.165) is 29.8 Å². The highest BCUT2D eigenvalue weighted by Gasteiger charge is 2.28. The second-order valence-electron chi connectivity index (χ2n) is 6.88. The zero-order valence-corrected chi connectivity index (χ0v) is 15.2. The Bertz CT molecular complexity index is 1080. The zero-order chi connectivity index (χ0) is 18.4. The van der Waals surface area contributed by atoms with Crippen LogP contribution in [0.1, 0.15) is 30.3 Å². The van der Waals surface area contributed by atoms with Crippen LogP contribution in [-0.4, -0.2) is 35.1 Å². The van der Waals surface area contributed by atoms with E-state index in [2.05, 4.69) is 20.9 Å². The topological polar surface area (TPSA) is 78.0 Å². The predicted octanol–water partition coefficient (Wildman–Crippen LogP) is 0.703. The maximum absolute atomic E-state index is 12.5. The van der Waals surface area contributed by atoms with E-state index in [1.54, 1.807) is 13.2 Å². The first-order chi connectivity index (χ1) is 12.5. The molecule has 3 aromatic rings. The lowest BCUT2D eigenvalue weighted by molar-refractivity contribution is 0.240. The van der Waals surface area contributed by atoms with Gasteiger partial charge in [0.1, 0.15) is 5.82 Å². The van der Waals surface area contributed by atoms with Gasteiger partial charge in [-0.25, -0.2) is 9.78 Å². The first-order valence-corrected chi connectivity index (χ1v) is 8.74. The minimum Gasteiger partial charge on any atom is -0.324 e. The fourth-order valence-electron chi connectivity index (χ4n) is 3.85. The summed E-state index contributed by atoms with van der Waals surface area (Å²) in [4.78, 5) is 35.9. The van der Waals surface area contributed by atoms with Crippen molar-refractivity contribution in [2.24, 2.45) is 21.1 Å². The Kier molecular flexibility index (Phi) is 3.99. The van der Waals surface area contributed by atoms with E-state index in [4.69, 9.17) is 0 Å². The van der Waals surface area contributed by atoms with Gasteiger partial charge in [0.25, 0.3) is 5.56 Å². The van der Waals surface area contributed by atoms with Crippen LogP contribution in [0.3, 0.4) is 0 Å². The van der Waals surface area contributed by atoms with Gasteiger partial charge in [-0.05, 0) is 31.0 Å². The molecule has 4 heterocycles. The lowest BCUT2D eigenvalue weighted by Gasteiger charge is -2.24. The van der Waals surface area contributed by atoms with Gasteiger partial charge in [0, 0.05) is 39.6 Å². The summed E-state index contributed by atoms with van der Waals surface area (Å²) in [5, 5.41) is 0. The third-order valence-corrected chi connectivity index (χ3v) is 5.35. The molecule has 3 aromatic heterocycles. The molecule has 0 saturated carbocycles. The Morgan fingerprint density at radius 2 is 1.96 bits per heavy atom. The molecule has 0 aromatic carbocycles. The van der Waals surface area contributed by atoms with E-state index in [1.165, 1.54) is 17.2 Å². The summed E-state index contributed by atoms with van der Waals surface area (Å²) in [5.41, 5.74) is 1.43. The maximum Gasteiger partial charge on any atom is 0.332 e. The highest BCUT2D eigenvalue weighted by Crippen LogP contribution is 2.32. The molecule has 26 heavy (non-hydrogen) atoms. The maximum atomic E-state index is 12.5. The largest absolute Gasteiger partial charge is 0.332 e. The average Bonchev–Trinajstić information content (AvgIpc) is 3.24. The lowest BCUT2D eigenvalue weighted by atomic mass is 10.1. The molecular formula is C18H22N6O2. The molecule has 0 N–H and O–H groups in total. The van der Waals surface area contributed by atoms with Crippen molar-refractivity contribution in [3.05, 3.63) is 56.8 Å². The number of aromatic nitrogens is 5. The summed E-state index contributed by atoms with van der Waals surface area (Å²) >= 11 is 0. The van der Waals surface area contributed by atoms with Crippen LogP contribution in [-0.2, 0) is 27.7 Å². The molecule has 8 nitrogen and oxygen atoms in total. The van der Waals surface area contributed by atoms with Crippen molar-refractivity contribution in [3.8, 4) is 0 Å². The van der Waals surface area contributed by atoms with Crippen molar-refractivity contribution < 1.29 is 0 Å². The van der Waals surface area contributed by atoms with Gasteiger partial charge < -0.3 is 4.57 Å². The molecule has 1 aliphatic heterocycles. The number of fused-ring (bicyclic) bond motifs is 1. The van der Waals surface area contributed by atoms with E-state index in [9.17, 15) is 9.59 Å². The number of rotatable bonds is 3. The molecule has 0 radical (unpaired) electrons. The molecule has 1 aliphatic rings. The monoisotopic (exact) mass is 354 g/mol. The van der Waals surface area contributed by atoms with Crippen molar-refractivity contribution >= 4 is 11.2 Å². The molecule has 1 unspecified atom stereocenters. The van der Waals surface area contributed by atoms with Crippen LogP contribution < -0.4 is 11.2 Å². The molecule has 136 valence electrons. The van der Waals surface area contributed by atoms with Crippen molar-refractivity contribution in [2.45, 2.75) is 25.4 Å². The minimum atomic E-state index is -0.360. The van der Waals surface area contributed by atoms with E-state index < -0.39 is 0 Å². The molecular weight excluding hydrogens is 332 g/mol. The highest BCUT2D eigenvalue weighted by atomic mass is 16.2. The summed E-state index contributed by atoms with van der Waals surface area (Å²) < 4.78 is 4.38. The van der Waals surface area contributed by atoms with E-state index in [0.29, 0.717) is 23.8 Å². The fourth-order valence-corrected chi connectivity index (χ4v) is 3.85. The Morgan fingerprint density at radius 3 is 2.69 bits per heavy atom. The molecule has 0 spiro atoms. The van der Waals surface area contributed by atoms with E-state index >= 15 is 0 Å². The van der Waals surface area contributed by atoms with E-state index in [1.807, 2.05) is 23.9 Å². The van der Waals surface area contributed by atoms with Gasteiger partial charge in [-0.2, -0.15) is 0 Å². The SMILES string of the molecule is Cn1c(=O)c2c(nc(CN3CCCC3c3cccnc3)n2C)n(C)c1=O. The first kappa shape index (κ1) is 16.7. The van der Waals surface area contributed by atoms with Crippen LogP contribution in [0.2, 0.25) is 0 Å². The van der Waals surface area contributed by atoms with Gasteiger partial charge in [0.15, 0.2) is 11.2 Å². The van der Waals surface area contributed by atoms with Crippen LogP contribution in [0.4, 0.5) is 0 Å². The molecule has 1 fully saturated rings. The van der Waals surface area contributed by atoms with Gasteiger partial charge in [-0.3, -0.25) is 23.8 Å². The summed E-state index contributed by atoms with van der Waals surface area (Å²) in [5.74, 6) is 0.786. The molecule has 0 amide bonds. The number of likely N-dealkylation sites (tertiary alicyclic amines) is 1. The van der Waals surface area contributed by atoms with Crippen molar-refractivity contribution in [3.63, 3.8) is 0 Å². The number of imidazole rings is 1. The van der Waals surface area contributed by atoms with Gasteiger partial charge in [0.05, 0.1) is 6.54 Å². The van der Waals surface area contributed by atoms with Crippen molar-refractivity contribution in [1.82, 2.24) is 28.6 Å². The third-order valence-electron chi connectivity index (χ3n) is 5.35. The summed E-state index contributed by atoms with van der Waals surface area (Å²) in [6.45, 7) is 1.60. The first-order valence-electron chi connectivity index (χ1n) is 8.74. The molecule has 1 atom stereocenters. The summed E-state index contributed by atoms with van der Waals surface area (Å²) in [6.07, 6.45) is 5.89. The fraction of sp³-hybridized carbons (Fsp3) is 0.444. The number of hydrogen-bond acceptors (Lipinski definition) is 5. The highest BCUT2D eigenvalue weighted by molar-refractivity contribution is 5.70. The average molecular weight is 354 g/mol. The molecule has 0 aliphatic carbocycles. The Morgan fingerprint density at radius 1 is 1.15 bits per heavy atom. The zero-order valence-electron chi connectivity index (χ0n) is 15.2. The Balaban J connectivity index is 1.75. The van der Waals surface area contributed by atoms with E-state index in [-0.39, 0.29) is 11.2 Å². The van der Waals surface area contributed by atoms with Crippen LogP contribution in [0.5, 0.6) is 0 Å². The second kappa shape index (κ2) is 6.21. The van der Waals surface area contributed by atoms with Gasteiger partial charge in [-0.15, -0.1) is 0 Å². The van der Waals surface area contributed by atoms with Crippen LogP contribution in [0.15, 0.2) is 34.1 Å². The van der Waals surface area contributed by atoms with Gasteiger partial charge in [-0.1, -0.05) is 6.07 Å². The summed E-state index contributed by atoms with van der Waals surface area (Å²) in [6, 6.07) is 4.36. The Hall–Kier alpha value is -2.74. The van der Waals surface area contributed by atoms with Crippen LogP contribution >= 0.6 is 0 Å². The minimum absolute atomic E-state index is 0.301. The van der Waals surface area contributed by atoms with Crippen molar-refractivity contribution in [1.29, 1.82) is 0 Å². The van der Waals surface area contributed by atoms with Gasteiger partial charge in [0.2, 0.25) is 0 Å². The number of hydrogen-bond donors (Lipinski definition) is 0. The second-order valence-corrected chi connectivity index (χ2v) is 6.88. The molecule has 8 heteroatoms. The lowest BCUT2D eigenvalue weighted by Crippen LogP contribution is -2.37. The quantitative estimate of drug-likeness (QED) is 0.692. The molecule has 4 rings (SSSR count). The van der Waals surface area contributed by atoms with Gasteiger partial charge >= 0.3 is 5.69 Å². The molecule has 1 saturated heterocycles. The number of nitrogens with zero attached hydrogens (tertiary/aromatic N) is 6. The normalized spacial score (nSPS) is 18.0.